The van der Waals surface area contributed by atoms with Crippen LogP contribution < -0.4 is 15.2 Å². The van der Waals surface area contributed by atoms with Gasteiger partial charge in [-0.15, -0.1) is 0 Å². The molecule has 3 unspecified atom stereocenters. The van der Waals surface area contributed by atoms with Crippen LogP contribution in [0.15, 0.2) is 18.2 Å². The van der Waals surface area contributed by atoms with Crippen molar-refractivity contribution < 1.29 is 38.5 Å². The first-order valence-electron chi connectivity index (χ1n) is 13.0. The van der Waals surface area contributed by atoms with Gasteiger partial charge < -0.3 is 25.1 Å². The molecule has 0 aliphatic rings. The predicted octanol–water partition coefficient (Wildman–Crippen LogP) is 4.84. The number of carboxylic acids is 1. The number of unbranched alkanes of at least 4 members (excludes halogenated alkanes) is 1. The number of hydrogen-bond donors (Lipinski definition) is 2. The average molecular weight is 522 g/mol. The normalized spacial score (nSPS) is 14.5. The zero-order chi connectivity index (χ0) is 28.3. The van der Waals surface area contributed by atoms with E-state index in [2.05, 4.69) is 0 Å². The third-order valence-electron chi connectivity index (χ3n) is 5.98. The third kappa shape index (κ3) is 10.9. The van der Waals surface area contributed by atoms with E-state index in [1.807, 2.05) is 34.6 Å². The summed E-state index contributed by atoms with van der Waals surface area (Å²) in [6.07, 6.45) is 1.50. The minimum absolute atomic E-state index is 0.00244. The van der Waals surface area contributed by atoms with Crippen LogP contribution in [0.1, 0.15) is 92.1 Å². The highest BCUT2D eigenvalue weighted by Crippen LogP contribution is 2.37. The molecule has 9 nitrogen and oxygen atoms in total. The molecular formula is C28H43NO8. The number of carbonyl (C=O) groups excluding carboxylic acids is 3. The van der Waals surface area contributed by atoms with Crippen LogP contribution in [-0.2, 0) is 23.9 Å². The lowest BCUT2D eigenvalue weighted by atomic mass is 9.79. The highest BCUT2D eigenvalue weighted by Gasteiger charge is 2.35. The number of esters is 3. The van der Waals surface area contributed by atoms with Crippen molar-refractivity contribution in [1.82, 2.24) is 0 Å². The Morgan fingerprint density at radius 2 is 1.41 bits per heavy atom. The number of hydrogen-bond acceptors (Lipinski definition) is 8. The topological polar surface area (TPSA) is 142 Å². The Kier molecular flexibility index (Phi) is 13.3. The number of carbonyl (C=O) groups is 4. The molecule has 4 atom stereocenters. The van der Waals surface area contributed by atoms with Gasteiger partial charge in [-0.25, -0.2) is 0 Å². The lowest BCUT2D eigenvalue weighted by Gasteiger charge is -2.32. The fraction of sp³-hybridized carbons (Fsp3) is 0.643. The van der Waals surface area contributed by atoms with Gasteiger partial charge >= 0.3 is 23.9 Å². The Morgan fingerprint density at radius 1 is 0.865 bits per heavy atom. The van der Waals surface area contributed by atoms with Gasteiger partial charge in [0.2, 0.25) is 0 Å². The second kappa shape index (κ2) is 15.3. The molecule has 0 aliphatic heterocycles. The summed E-state index contributed by atoms with van der Waals surface area (Å²) in [5.41, 5.74) is 6.55. The second-order valence-electron chi connectivity index (χ2n) is 10.4. The van der Waals surface area contributed by atoms with Crippen molar-refractivity contribution in [2.75, 3.05) is 0 Å². The molecule has 1 aromatic carbocycles. The summed E-state index contributed by atoms with van der Waals surface area (Å²) < 4.78 is 16.6. The molecule has 0 spiro atoms. The van der Waals surface area contributed by atoms with Gasteiger partial charge in [-0.3, -0.25) is 19.2 Å². The average Bonchev–Trinajstić information content (AvgIpc) is 2.77. The molecular weight excluding hydrogens is 478 g/mol. The van der Waals surface area contributed by atoms with Gasteiger partial charge in [-0.1, -0.05) is 54.0 Å². The maximum Gasteiger partial charge on any atom is 0.321 e. The van der Waals surface area contributed by atoms with E-state index in [1.165, 1.54) is 12.1 Å². The summed E-state index contributed by atoms with van der Waals surface area (Å²) in [7, 11) is 0. The molecule has 3 N–H and O–H groups in total. The van der Waals surface area contributed by atoms with Crippen LogP contribution in [0.2, 0.25) is 0 Å². The van der Waals surface area contributed by atoms with Gasteiger partial charge in [0.15, 0.2) is 11.5 Å². The minimum atomic E-state index is -1.33. The van der Waals surface area contributed by atoms with E-state index >= 15 is 0 Å². The quantitative estimate of drug-likeness (QED) is 0.245. The van der Waals surface area contributed by atoms with Crippen LogP contribution >= 0.6 is 0 Å². The van der Waals surface area contributed by atoms with Gasteiger partial charge in [-0.2, -0.15) is 0 Å². The van der Waals surface area contributed by atoms with E-state index in [0.29, 0.717) is 12.0 Å². The first-order valence-corrected chi connectivity index (χ1v) is 13.0. The lowest BCUT2D eigenvalue weighted by molar-refractivity contribution is -0.151. The molecule has 208 valence electrons. The molecule has 9 heteroatoms. The summed E-state index contributed by atoms with van der Waals surface area (Å²) in [4.78, 5) is 48.9. The van der Waals surface area contributed by atoms with E-state index in [0.717, 1.165) is 6.42 Å². The largest absolute Gasteiger partial charge is 0.480 e. The molecule has 0 saturated heterocycles. The van der Waals surface area contributed by atoms with E-state index < -0.39 is 41.9 Å². The van der Waals surface area contributed by atoms with Gasteiger partial charge in [0.25, 0.3) is 0 Å². The Morgan fingerprint density at radius 3 is 1.89 bits per heavy atom. The second-order valence-corrected chi connectivity index (χ2v) is 10.4. The number of ether oxygens (including phenoxy) is 3. The smallest absolute Gasteiger partial charge is 0.321 e. The fourth-order valence-electron chi connectivity index (χ4n) is 3.87. The minimum Gasteiger partial charge on any atom is -0.480 e. The van der Waals surface area contributed by atoms with E-state index in [-0.39, 0.29) is 48.6 Å². The van der Waals surface area contributed by atoms with E-state index in [4.69, 9.17) is 19.9 Å². The van der Waals surface area contributed by atoms with E-state index in [9.17, 15) is 24.3 Å². The number of rotatable bonds is 15. The molecule has 1 aromatic rings. The van der Waals surface area contributed by atoms with Gasteiger partial charge in [-0.05, 0) is 42.9 Å². The highest BCUT2D eigenvalue weighted by atomic mass is 16.6. The molecule has 1 rings (SSSR count). The molecule has 0 saturated carbocycles. The van der Waals surface area contributed by atoms with Crippen molar-refractivity contribution in [1.29, 1.82) is 0 Å². The summed E-state index contributed by atoms with van der Waals surface area (Å²) in [5.74, 6) is -3.71. The third-order valence-corrected chi connectivity index (χ3v) is 5.98. The van der Waals surface area contributed by atoms with E-state index in [1.54, 1.807) is 19.9 Å². The monoisotopic (exact) mass is 521 g/mol. The zero-order valence-corrected chi connectivity index (χ0v) is 23.1. The summed E-state index contributed by atoms with van der Waals surface area (Å²) in [6.45, 7) is 12.9. The van der Waals surface area contributed by atoms with Crippen molar-refractivity contribution in [3.63, 3.8) is 0 Å². The summed E-state index contributed by atoms with van der Waals surface area (Å²) >= 11 is 0. The SMILES string of the molecule is CCCCC(=O)OC(C)C(C)C(c1ccc(OC(=O)CC(C)C)c(OC(=O)CC(C)C)c1)[C@H](N)C(=O)O. The molecule has 0 amide bonds. The molecule has 0 radical (unpaired) electrons. The Balaban J connectivity index is 3.41. The van der Waals surface area contributed by atoms with Crippen LogP contribution in [0.25, 0.3) is 0 Å². The maximum atomic E-state index is 12.5. The first kappa shape index (κ1) is 32.1. The predicted molar refractivity (Wildman–Crippen MR) is 139 cm³/mol. The number of nitrogens with two attached hydrogens (primary N) is 1. The van der Waals surface area contributed by atoms with Crippen molar-refractivity contribution in [2.45, 2.75) is 98.6 Å². The maximum absolute atomic E-state index is 12.5. The number of carboxylic acid groups (broad SMARTS) is 1. The zero-order valence-electron chi connectivity index (χ0n) is 23.1. The molecule has 0 bridgehead atoms. The van der Waals surface area contributed by atoms with Crippen molar-refractivity contribution in [3.05, 3.63) is 23.8 Å². The van der Waals surface area contributed by atoms with Crippen molar-refractivity contribution >= 4 is 23.9 Å². The fourth-order valence-corrected chi connectivity index (χ4v) is 3.87. The standard InChI is InChI=1S/C28H43NO8/c1-8-9-10-23(30)35-19(7)18(6)26(27(29)28(33)34)20-11-12-21(36-24(31)13-16(2)3)22(15-20)37-25(32)14-17(4)5/h11-12,15-19,26-27H,8-10,13-14,29H2,1-7H3,(H,33,34)/t18?,19?,26?,27-/m0/s1. The number of aliphatic carboxylic acids is 1. The van der Waals surface area contributed by atoms with Crippen LogP contribution in [-0.4, -0.2) is 41.1 Å². The van der Waals surface area contributed by atoms with Gasteiger partial charge in [0.1, 0.15) is 12.1 Å². The van der Waals surface area contributed by atoms with Crippen LogP contribution in [0.5, 0.6) is 11.5 Å². The van der Waals surface area contributed by atoms with Crippen molar-refractivity contribution in [3.8, 4) is 11.5 Å². The Hall–Kier alpha value is -2.94. The Bertz CT molecular complexity index is 927. The van der Waals surface area contributed by atoms with Crippen LogP contribution in [0, 0.1) is 17.8 Å². The number of benzene rings is 1. The summed E-state index contributed by atoms with van der Waals surface area (Å²) in [5, 5.41) is 9.73. The molecule has 0 aliphatic carbocycles. The molecule has 0 heterocycles. The Labute approximate surface area is 220 Å². The summed E-state index contributed by atoms with van der Waals surface area (Å²) in [6, 6.07) is 3.21. The van der Waals surface area contributed by atoms with Crippen LogP contribution in [0.4, 0.5) is 0 Å². The highest BCUT2D eigenvalue weighted by molar-refractivity contribution is 5.77. The lowest BCUT2D eigenvalue weighted by Crippen LogP contribution is -2.42. The molecule has 0 fully saturated rings. The van der Waals surface area contributed by atoms with Crippen LogP contribution in [0.3, 0.4) is 0 Å². The van der Waals surface area contributed by atoms with Gasteiger partial charge in [0, 0.05) is 31.1 Å². The molecule has 0 aromatic heterocycles. The molecule has 37 heavy (non-hydrogen) atoms. The van der Waals surface area contributed by atoms with Crippen molar-refractivity contribution in [2.24, 2.45) is 23.5 Å². The first-order chi connectivity index (χ1) is 17.3. The van der Waals surface area contributed by atoms with Gasteiger partial charge in [0.05, 0.1) is 0 Å².